The molecular weight excluding hydrogens is 222 g/mol. The molecule has 1 amide bonds. The van der Waals surface area contributed by atoms with Gasteiger partial charge in [0.15, 0.2) is 6.04 Å². The average Bonchev–Trinajstić information content (AvgIpc) is 2.34. The van der Waals surface area contributed by atoms with Gasteiger partial charge in [0.1, 0.15) is 0 Å². The second-order valence-corrected chi connectivity index (χ2v) is 4.63. The quantitative estimate of drug-likeness (QED) is 0.686. The van der Waals surface area contributed by atoms with E-state index >= 15 is 0 Å². The van der Waals surface area contributed by atoms with Gasteiger partial charge in [-0.2, -0.15) is 0 Å². The Morgan fingerprint density at radius 3 is 2.76 bits per heavy atom. The molecule has 1 aliphatic rings. The van der Waals surface area contributed by atoms with Crippen molar-refractivity contribution in [3.8, 4) is 0 Å². The molecule has 1 aliphatic heterocycles. The Morgan fingerprint density at radius 1 is 1.47 bits per heavy atom. The van der Waals surface area contributed by atoms with E-state index in [1.165, 1.54) is 7.11 Å². The molecule has 5 nitrogen and oxygen atoms in total. The molecular formula is C12H21NO4. The molecule has 1 heterocycles. The Balaban J connectivity index is 2.58. The minimum absolute atomic E-state index is 0.0115. The van der Waals surface area contributed by atoms with Crippen LogP contribution in [0.15, 0.2) is 0 Å². The third kappa shape index (κ3) is 4.00. The summed E-state index contributed by atoms with van der Waals surface area (Å²) in [5, 5.41) is 0. The van der Waals surface area contributed by atoms with Crippen LogP contribution in [-0.2, 0) is 19.1 Å². The summed E-state index contributed by atoms with van der Waals surface area (Å²) in [5.41, 5.74) is 0. The molecule has 1 unspecified atom stereocenters. The Morgan fingerprint density at radius 2 is 2.18 bits per heavy atom. The zero-order valence-electron chi connectivity index (χ0n) is 10.8. The second kappa shape index (κ2) is 6.59. The summed E-state index contributed by atoms with van der Waals surface area (Å²) in [6, 6.07) is -0.576. The predicted molar refractivity (Wildman–Crippen MR) is 62.4 cm³/mol. The smallest absolute Gasteiger partial charge is 0.331 e. The molecule has 17 heavy (non-hydrogen) atoms. The summed E-state index contributed by atoms with van der Waals surface area (Å²) in [7, 11) is 1.33. The lowest BCUT2D eigenvalue weighted by molar-refractivity contribution is -0.160. The normalized spacial score (nSPS) is 20.5. The second-order valence-electron chi connectivity index (χ2n) is 4.63. The van der Waals surface area contributed by atoms with Crippen molar-refractivity contribution in [1.29, 1.82) is 0 Å². The van der Waals surface area contributed by atoms with E-state index in [9.17, 15) is 9.59 Å². The SMILES string of the molecule is COC(=O)C1COCCN1C(=O)CCC(C)C. The summed E-state index contributed by atoms with van der Waals surface area (Å²) >= 11 is 0. The molecule has 0 aromatic carbocycles. The van der Waals surface area contributed by atoms with Gasteiger partial charge in [0.2, 0.25) is 5.91 Å². The fourth-order valence-corrected chi connectivity index (χ4v) is 1.79. The first kappa shape index (κ1) is 14.0. The lowest BCUT2D eigenvalue weighted by Crippen LogP contribution is -2.53. The van der Waals surface area contributed by atoms with Gasteiger partial charge in [0.25, 0.3) is 0 Å². The Labute approximate surface area is 102 Å². The van der Waals surface area contributed by atoms with E-state index in [0.717, 1.165) is 6.42 Å². The molecule has 0 radical (unpaired) electrons. The van der Waals surface area contributed by atoms with Gasteiger partial charge in [-0.05, 0) is 12.3 Å². The lowest BCUT2D eigenvalue weighted by atomic mass is 10.1. The molecule has 1 atom stereocenters. The number of amides is 1. The van der Waals surface area contributed by atoms with Gasteiger partial charge in [0, 0.05) is 13.0 Å². The maximum atomic E-state index is 12.0. The van der Waals surface area contributed by atoms with Crippen molar-refractivity contribution in [2.45, 2.75) is 32.7 Å². The van der Waals surface area contributed by atoms with Crippen LogP contribution in [0.3, 0.4) is 0 Å². The monoisotopic (exact) mass is 243 g/mol. The largest absolute Gasteiger partial charge is 0.467 e. The van der Waals surface area contributed by atoms with E-state index in [0.29, 0.717) is 25.5 Å². The Bertz CT molecular complexity index is 278. The fourth-order valence-electron chi connectivity index (χ4n) is 1.79. The van der Waals surface area contributed by atoms with E-state index < -0.39 is 12.0 Å². The number of hydrogen-bond acceptors (Lipinski definition) is 4. The number of hydrogen-bond donors (Lipinski definition) is 0. The highest BCUT2D eigenvalue weighted by Gasteiger charge is 2.33. The number of carbonyl (C=O) groups excluding carboxylic acids is 2. The number of esters is 1. The van der Waals surface area contributed by atoms with Crippen LogP contribution in [0.2, 0.25) is 0 Å². The molecule has 0 spiro atoms. The number of carbonyl (C=O) groups is 2. The first-order valence-electron chi connectivity index (χ1n) is 6.01. The Hall–Kier alpha value is -1.10. The summed E-state index contributed by atoms with van der Waals surface area (Å²) < 4.78 is 9.90. The number of rotatable bonds is 4. The van der Waals surface area contributed by atoms with Crippen LogP contribution in [-0.4, -0.2) is 49.7 Å². The minimum atomic E-state index is -0.576. The summed E-state index contributed by atoms with van der Waals surface area (Å²) in [4.78, 5) is 25.1. The number of methoxy groups -OCH3 is 1. The van der Waals surface area contributed by atoms with Crippen molar-refractivity contribution in [1.82, 2.24) is 4.90 Å². The van der Waals surface area contributed by atoms with Crippen LogP contribution in [0, 0.1) is 5.92 Å². The van der Waals surface area contributed by atoms with Crippen LogP contribution in [0.25, 0.3) is 0 Å². The minimum Gasteiger partial charge on any atom is -0.467 e. The summed E-state index contributed by atoms with van der Waals surface area (Å²) in [6.07, 6.45) is 1.31. The van der Waals surface area contributed by atoms with Gasteiger partial charge in [-0.15, -0.1) is 0 Å². The van der Waals surface area contributed by atoms with Crippen LogP contribution in [0.1, 0.15) is 26.7 Å². The van der Waals surface area contributed by atoms with Gasteiger partial charge >= 0.3 is 5.97 Å². The zero-order chi connectivity index (χ0) is 12.8. The van der Waals surface area contributed by atoms with Crippen molar-refractivity contribution >= 4 is 11.9 Å². The summed E-state index contributed by atoms with van der Waals surface area (Å²) in [6.45, 7) is 5.34. The number of nitrogens with zero attached hydrogens (tertiary/aromatic N) is 1. The Kier molecular flexibility index (Phi) is 5.41. The molecule has 98 valence electrons. The van der Waals surface area contributed by atoms with Crippen molar-refractivity contribution in [3.63, 3.8) is 0 Å². The first-order valence-corrected chi connectivity index (χ1v) is 6.01. The highest BCUT2D eigenvalue weighted by molar-refractivity contribution is 5.84. The average molecular weight is 243 g/mol. The number of morpholine rings is 1. The van der Waals surface area contributed by atoms with Crippen LogP contribution in [0.5, 0.6) is 0 Å². The van der Waals surface area contributed by atoms with Gasteiger partial charge in [-0.1, -0.05) is 13.8 Å². The topological polar surface area (TPSA) is 55.8 Å². The van der Waals surface area contributed by atoms with E-state index in [-0.39, 0.29) is 12.5 Å². The van der Waals surface area contributed by atoms with Gasteiger partial charge in [0.05, 0.1) is 20.3 Å². The first-order chi connectivity index (χ1) is 8.06. The third-order valence-corrected chi connectivity index (χ3v) is 2.86. The van der Waals surface area contributed by atoms with E-state index in [1.54, 1.807) is 4.90 Å². The zero-order valence-corrected chi connectivity index (χ0v) is 10.8. The highest BCUT2D eigenvalue weighted by Crippen LogP contribution is 2.13. The molecule has 0 N–H and O–H groups in total. The van der Waals surface area contributed by atoms with Crippen LogP contribution < -0.4 is 0 Å². The van der Waals surface area contributed by atoms with E-state index in [1.807, 2.05) is 0 Å². The lowest BCUT2D eigenvalue weighted by Gasteiger charge is -2.33. The fraction of sp³-hybridized carbons (Fsp3) is 0.833. The van der Waals surface area contributed by atoms with Crippen molar-refractivity contribution < 1.29 is 19.1 Å². The van der Waals surface area contributed by atoms with Crippen molar-refractivity contribution in [3.05, 3.63) is 0 Å². The maximum Gasteiger partial charge on any atom is 0.331 e. The molecule has 1 fully saturated rings. The van der Waals surface area contributed by atoms with Gasteiger partial charge in [-0.3, -0.25) is 4.79 Å². The van der Waals surface area contributed by atoms with Crippen LogP contribution in [0.4, 0.5) is 0 Å². The standard InChI is InChI=1S/C12H21NO4/c1-9(2)4-5-11(14)13-6-7-17-8-10(13)12(15)16-3/h9-10H,4-8H2,1-3H3. The maximum absolute atomic E-state index is 12.0. The molecule has 1 saturated heterocycles. The van der Waals surface area contributed by atoms with Crippen LogP contribution >= 0.6 is 0 Å². The predicted octanol–water partition coefficient (Wildman–Crippen LogP) is 0.823. The molecule has 1 rings (SSSR count). The third-order valence-electron chi connectivity index (χ3n) is 2.86. The molecule has 0 aliphatic carbocycles. The molecule has 0 aromatic rings. The molecule has 0 bridgehead atoms. The van der Waals surface area contributed by atoms with E-state index in [2.05, 4.69) is 18.6 Å². The number of ether oxygens (including phenoxy) is 2. The van der Waals surface area contributed by atoms with Gasteiger partial charge < -0.3 is 14.4 Å². The van der Waals surface area contributed by atoms with E-state index in [4.69, 9.17) is 4.74 Å². The molecule has 5 heteroatoms. The van der Waals surface area contributed by atoms with Crippen molar-refractivity contribution in [2.75, 3.05) is 26.9 Å². The summed E-state index contributed by atoms with van der Waals surface area (Å²) in [5.74, 6) is 0.0940. The van der Waals surface area contributed by atoms with Gasteiger partial charge in [-0.25, -0.2) is 4.79 Å². The van der Waals surface area contributed by atoms with Crippen molar-refractivity contribution in [2.24, 2.45) is 5.92 Å². The molecule has 0 saturated carbocycles. The highest BCUT2D eigenvalue weighted by atomic mass is 16.5. The molecule has 0 aromatic heterocycles.